The fraction of sp³-hybridized carbons (Fsp3) is 0.542. The van der Waals surface area contributed by atoms with Gasteiger partial charge in [-0.1, -0.05) is 57.0 Å². The van der Waals surface area contributed by atoms with Crippen LogP contribution in [0.25, 0.3) is 11.2 Å². The van der Waals surface area contributed by atoms with E-state index in [1.807, 2.05) is 34.9 Å². The van der Waals surface area contributed by atoms with E-state index in [1.54, 1.807) is 7.05 Å². The topological polar surface area (TPSA) is 77.1 Å². The Morgan fingerprint density at radius 3 is 2.22 bits per heavy atom. The zero-order valence-corrected chi connectivity index (χ0v) is 19.8. The van der Waals surface area contributed by atoms with E-state index < -0.39 is 0 Å². The Morgan fingerprint density at radius 1 is 0.938 bits per heavy atom. The van der Waals surface area contributed by atoms with Crippen molar-refractivity contribution in [1.29, 1.82) is 0 Å². The molecule has 0 radical (unpaired) electrons. The summed E-state index contributed by atoms with van der Waals surface area (Å²) in [6.07, 6.45) is 4.74. The van der Waals surface area contributed by atoms with Crippen molar-refractivity contribution in [2.45, 2.75) is 46.1 Å². The Kier molecular flexibility index (Phi) is 8.27. The number of nitrogens with one attached hydrogen (secondary N) is 1. The van der Waals surface area contributed by atoms with Crippen molar-refractivity contribution in [2.24, 2.45) is 14.1 Å². The number of aromatic nitrogens is 4. The monoisotopic (exact) mass is 440 g/mol. The van der Waals surface area contributed by atoms with Crippen LogP contribution in [-0.2, 0) is 20.6 Å². The summed E-state index contributed by atoms with van der Waals surface area (Å²) in [6, 6.07) is 9.99. The summed E-state index contributed by atoms with van der Waals surface area (Å²) in [4.78, 5) is 32.6. The molecule has 0 fully saturated rings. The third-order valence-electron chi connectivity index (χ3n) is 5.90. The number of hydrogen-bond donors (Lipinski definition) is 1. The minimum Gasteiger partial charge on any atom is -0.354 e. The summed E-state index contributed by atoms with van der Waals surface area (Å²) in [6.45, 7) is 8.75. The van der Waals surface area contributed by atoms with E-state index in [4.69, 9.17) is 0 Å². The molecule has 1 aromatic carbocycles. The number of aryl methyl sites for hydroxylation is 1. The maximum absolute atomic E-state index is 13.0. The number of hydrogen-bond acceptors (Lipinski definition) is 5. The molecule has 0 unspecified atom stereocenters. The maximum atomic E-state index is 13.0. The highest BCUT2D eigenvalue weighted by atomic mass is 16.2. The molecule has 0 aliphatic carbocycles. The van der Waals surface area contributed by atoms with Gasteiger partial charge in [-0.2, -0.15) is 4.98 Å². The number of unbranched alkanes of at least 4 members (excludes halogenated alkanes) is 2. The van der Waals surface area contributed by atoms with Crippen molar-refractivity contribution >= 4 is 17.1 Å². The van der Waals surface area contributed by atoms with Gasteiger partial charge >= 0.3 is 5.69 Å². The molecule has 0 spiro atoms. The lowest BCUT2D eigenvalue weighted by molar-refractivity contribution is 0.275. The van der Waals surface area contributed by atoms with Crippen molar-refractivity contribution in [1.82, 2.24) is 23.6 Å². The quantitative estimate of drug-likeness (QED) is 0.469. The molecule has 0 saturated carbocycles. The third kappa shape index (κ3) is 5.30. The molecule has 3 rings (SSSR count). The van der Waals surface area contributed by atoms with Crippen molar-refractivity contribution < 1.29 is 0 Å². The number of rotatable bonds is 12. The Hall–Kier alpha value is -2.87. The molecule has 2 heterocycles. The molecule has 0 aliphatic rings. The van der Waals surface area contributed by atoms with Crippen LogP contribution in [0.4, 0.5) is 5.95 Å². The molecule has 1 N–H and O–H groups in total. The lowest BCUT2D eigenvalue weighted by Gasteiger charge is -2.22. The summed E-state index contributed by atoms with van der Waals surface area (Å²) >= 11 is 0. The summed E-state index contributed by atoms with van der Waals surface area (Å²) < 4.78 is 4.49. The van der Waals surface area contributed by atoms with E-state index in [0.717, 1.165) is 36.3 Å². The van der Waals surface area contributed by atoms with Crippen LogP contribution < -0.4 is 16.6 Å². The van der Waals surface area contributed by atoms with Gasteiger partial charge in [-0.25, -0.2) is 4.79 Å². The predicted octanol–water partition coefficient (Wildman–Crippen LogP) is 2.80. The predicted molar refractivity (Wildman–Crippen MR) is 131 cm³/mol. The van der Waals surface area contributed by atoms with Crippen molar-refractivity contribution in [3.63, 3.8) is 0 Å². The van der Waals surface area contributed by atoms with Crippen molar-refractivity contribution in [3.05, 3.63) is 56.7 Å². The first-order chi connectivity index (χ1) is 15.5. The largest absolute Gasteiger partial charge is 0.354 e. The Bertz CT molecular complexity index is 1120. The standard InChI is InChI=1S/C24H36N6O2/c1-5-7-15-29(16-8-6-2)17-14-25-23-26-21-20(22(31)28(4)24(32)27(21)3)30(23)18-19-12-10-9-11-13-19/h9-13H,5-8,14-18H2,1-4H3,(H,25,26). The molecular weight excluding hydrogens is 404 g/mol. The SMILES string of the molecule is CCCCN(CCCC)CCNc1nc2c(c(=O)n(C)c(=O)n2C)n1Cc1ccccc1. The average Bonchev–Trinajstić information content (AvgIpc) is 3.16. The van der Waals surface area contributed by atoms with Crippen LogP contribution in [0.1, 0.15) is 45.1 Å². The molecule has 2 aromatic heterocycles. The van der Waals surface area contributed by atoms with Gasteiger partial charge in [0.25, 0.3) is 5.56 Å². The molecular formula is C24H36N6O2. The van der Waals surface area contributed by atoms with Crippen LogP contribution in [0.15, 0.2) is 39.9 Å². The molecule has 3 aromatic rings. The zero-order valence-electron chi connectivity index (χ0n) is 19.8. The molecule has 32 heavy (non-hydrogen) atoms. The Balaban J connectivity index is 1.92. The van der Waals surface area contributed by atoms with Gasteiger partial charge in [0.05, 0.1) is 6.54 Å². The molecule has 0 amide bonds. The van der Waals surface area contributed by atoms with E-state index in [2.05, 4.69) is 29.0 Å². The molecule has 0 saturated heterocycles. The summed E-state index contributed by atoms with van der Waals surface area (Å²) in [5.74, 6) is 0.619. The van der Waals surface area contributed by atoms with E-state index in [1.165, 1.54) is 37.3 Å². The third-order valence-corrected chi connectivity index (χ3v) is 5.90. The fourth-order valence-corrected chi connectivity index (χ4v) is 3.93. The van der Waals surface area contributed by atoms with Gasteiger partial charge in [0.2, 0.25) is 5.95 Å². The number of fused-ring (bicyclic) bond motifs is 1. The van der Waals surface area contributed by atoms with E-state index in [-0.39, 0.29) is 11.2 Å². The summed E-state index contributed by atoms with van der Waals surface area (Å²) in [5.41, 5.74) is 1.22. The molecule has 0 atom stereocenters. The van der Waals surface area contributed by atoms with E-state index >= 15 is 0 Å². The normalized spacial score (nSPS) is 11.5. The zero-order chi connectivity index (χ0) is 23.1. The highest BCUT2D eigenvalue weighted by molar-refractivity contribution is 5.74. The van der Waals surface area contributed by atoms with Gasteiger partial charge in [-0.15, -0.1) is 0 Å². The second-order valence-electron chi connectivity index (χ2n) is 8.36. The number of nitrogens with zero attached hydrogens (tertiary/aromatic N) is 5. The highest BCUT2D eigenvalue weighted by Gasteiger charge is 2.19. The smallest absolute Gasteiger partial charge is 0.332 e. The highest BCUT2D eigenvalue weighted by Crippen LogP contribution is 2.18. The number of benzene rings is 1. The average molecular weight is 441 g/mol. The van der Waals surface area contributed by atoms with E-state index in [9.17, 15) is 9.59 Å². The second-order valence-corrected chi connectivity index (χ2v) is 8.36. The fourth-order valence-electron chi connectivity index (χ4n) is 3.93. The minimum atomic E-state index is -0.372. The van der Waals surface area contributed by atoms with Crippen LogP contribution in [0.5, 0.6) is 0 Å². The number of anilines is 1. The second kappa shape index (κ2) is 11.1. The van der Waals surface area contributed by atoms with Gasteiger partial charge in [-0.3, -0.25) is 18.5 Å². The van der Waals surface area contributed by atoms with Gasteiger partial charge in [0.15, 0.2) is 11.2 Å². The van der Waals surface area contributed by atoms with Crippen LogP contribution in [0, 0.1) is 0 Å². The maximum Gasteiger partial charge on any atom is 0.332 e. The first-order valence-electron chi connectivity index (χ1n) is 11.6. The Morgan fingerprint density at radius 2 is 1.59 bits per heavy atom. The Labute approximate surface area is 189 Å². The van der Waals surface area contributed by atoms with Gasteiger partial charge < -0.3 is 10.2 Å². The summed E-state index contributed by atoms with van der Waals surface area (Å²) in [7, 11) is 3.17. The van der Waals surface area contributed by atoms with Crippen LogP contribution >= 0.6 is 0 Å². The van der Waals surface area contributed by atoms with Crippen molar-refractivity contribution in [2.75, 3.05) is 31.5 Å². The van der Waals surface area contributed by atoms with Crippen molar-refractivity contribution in [3.8, 4) is 0 Å². The lowest BCUT2D eigenvalue weighted by Crippen LogP contribution is -2.37. The van der Waals surface area contributed by atoms with Crippen LogP contribution in [-0.4, -0.2) is 49.8 Å². The van der Waals surface area contributed by atoms with Gasteiger partial charge in [0, 0.05) is 27.2 Å². The molecule has 0 bridgehead atoms. The van der Waals surface area contributed by atoms with Gasteiger partial charge in [-0.05, 0) is 31.5 Å². The summed E-state index contributed by atoms with van der Waals surface area (Å²) in [5, 5.41) is 3.45. The first-order valence-corrected chi connectivity index (χ1v) is 11.6. The van der Waals surface area contributed by atoms with Crippen LogP contribution in [0.2, 0.25) is 0 Å². The molecule has 8 nitrogen and oxygen atoms in total. The molecule has 0 aliphatic heterocycles. The lowest BCUT2D eigenvalue weighted by atomic mass is 10.2. The minimum absolute atomic E-state index is 0.327. The molecule has 8 heteroatoms. The van der Waals surface area contributed by atoms with Crippen LogP contribution in [0.3, 0.4) is 0 Å². The number of imidazole rings is 1. The molecule has 174 valence electrons. The van der Waals surface area contributed by atoms with Gasteiger partial charge in [0.1, 0.15) is 0 Å². The van der Waals surface area contributed by atoms with E-state index in [0.29, 0.717) is 23.7 Å². The first kappa shape index (κ1) is 23.8.